The van der Waals surface area contributed by atoms with Crippen molar-refractivity contribution >= 4 is 17.5 Å². The molecule has 3 rings (SSSR count). The van der Waals surface area contributed by atoms with Gasteiger partial charge < -0.3 is 15.5 Å². The van der Waals surface area contributed by atoms with Gasteiger partial charge in [-0.2, -0.15) is 5.10 Å². The van der Waals surface area contributed by atoms with Gasteiger partial charge in [-0.05, 0) is 50.1 Å². The number of carbonyl (C=O) groups is 2. The summed E-state index contributed by atoms with van der Waals surface area (Å²) in [5.41, 5.74) is 3.41. The van der Waals surface area contributed by atoms with Gasteiger partial charge >= 0.3 is 0 Å². The number of halogens is 1. The van der Waals surface area contributed by atoms with Crippen molar-refractivity contribution in [3.05, 3.63) is 47.0 Å². The first-order valence-electron chi connectivity index (χ1n) is 9.02. The van der Waals surface area contributed by atoms with E-state index < -0.39 is 6.04 Å². The molecule has 1 aromatic heterocycles. The van der Waals surface area contributed by atoms with Crippen molar-refractivity contribution < 1.29 is 14.0 Å². The summed E-state index contributed by atoms with van der Waals surface area (Å²) in [6, 6.07) is 4.98. The van der Waals surface area contributed by atoms with E-state index >= 15 is 0 Å². The number of nitrogens with one attached hydrogen (secondary N) is 3. The minimum Gasteiger partial charge on any atom is -0.328 e. The number of hydrogen-bond acceptors (Lipinski definition) is 4. The number of anilines is 1. The summed E-state index contributed by atoms with van der Waals surface area (Å²) in [7, 11) is 0. The molecule has 3 N–H and O–H groups in total. The zero-order chi connectivity index (χ0) is 19.4. The molecule has 1 saturated heterocycles. The average molecular weight is 373 g/mol. The second-order valence-corrected chi connectivity index (χ2v) is 6.72. The molecule has 1 fully saturated rings. The summed E-state index contributed by atoms with van der Waals surface area (Å²) >= 11 is 0. The predicted octanol–water partition coefficient (Wildman–Crippen LogP) is 1.54. The van der Waals surface area contributed by atoms with Crippen LogP contribution in [0.25, 0.3) is 0 Å². The number of aryl methyl sites for hydroxylation is 2. The molecule has 0 unspecified atom stereocenters. The molecule has 1 atom stereocenters. The zero-order valence-electron chi connectivity index (χ0n) is 15.5. The Hall–Kier alpha value is -2.74. The van der Waals surface area contributed by atoms with Crippen molar-refractivity contribution in [2.24, 2.45) is 0 Å². The number of amides is 2. The molecule has 27 heavy (non-hydrogen) atoms. The smallest absolute Gasteiger partial charge is 0.248 e. The van der Waals surface area contributed by atoms with Crippen molar-refractivity contribution in [3.63, 3.8) is 0 Å². The quantitative estimate of drug-likeness (QED) is 0.742. The zero-order valence-corrected chi connectivity index (χ0v) is 15.5. The van der Waals surface area contributed by atoms with E-state index in [2.05, 4.69) is 20.8 Å². The first-order chi connectivity index (χ1) is 13.0. The fourth-order valence-corrected chi connectivity index (χ4v) is 3.31. The van der Waals surface area contributed by atoms with Crippen LogP contribution in [0.4, 0.5) is 10.1 Å². The summed E-state index contributed by atoms with van der Waals surface area (Å²) in [6.07, 6.45) is 0.908. The molecular formula is C19H24FN5O2. The monoisotopic (exact) mass is 373 g/mol. The van der Waals surface area contributed by atoms with Crippen LogP contribution >= 0.6 is 0 Å². The lowest BCUT2D eigenvalue weighted by molar-refractivity contribution is -0.139. The number of aromatic nitrogens is 2. The van der Waals surface area contributed by atoms with Crippen LogP contribution in [0.3, 0.4) is 0 Å². The van der Waals surface area contributed by atoms with E-state index in [-0.39, 0.29) is 17.6 Å². The fraction of sp³-hybridized carbons (Fsp3) is 0.421. The maximum Gasteiger partial charge on any atom is 0.248 e. The van der Waals surface area contributed by atoms with Gasteiger partial charge in [0.15, 0.2) is 0 Å². The van der Waals surface area contributed by atoms with Crippen molar-refractivity contribution in [2.45, 2.75) is 32.7 Å². The van der Waals surface area contributed by atoms with Crippen LogP contribution in [0, 0.1) is 19.7 Å². The van der Waals surface area contributed by atoms with Crippen molar-refractivity contribution in [1.82, 2.24) is 20.4 Å². The van der Waals surface area contributed by atoms with Crippen LogP contribution in [-0.2, 0) is 16.0 Å². The van der Waals surface area contributed by atoms with Crippen LogP contribution in [0.2, 0.25) is 0 Å². The van der Waals surface area contributed by atoms with Gasteiger partial charge in [-0.1, -0.05) is 0 Å². The molecule has 1 aromatic carbocycles. The fourth-order valence-electron chi connectivity index (χ4n) is 3.31. The minimum absolute atomic E-state index is 0.0595. The molecule has 0 radical (unpaired) electrons. The third kappa shape index (κ3) is 4.51. The number of H-pyrrole nitrogens is 1. The Balaban J connectivity index is 1.64. The molecule has 0 bridgehead atoms. The Morgan fingerprint density at radius 3 is 2.70 bits per heavy atom. The number of aromatic amines is 1. The van der Waals surface area contributed by atoms with Gasteiger partial charge in [0.25, 0.3) is 0 Å². The molecule has 2 amide bonds. The third-order valence-corrected chi connectivity index (χ3v) is 4.85. The van der Waals surface area contributed by atoms with Gasteiger partial charge in [0.1, 0.15) is 11.9 Å². The standard InChI is InChI=1S/C19H24FN5O2/c1-12-16(13(2)24-23-12)7-8-18(26)25-10-9-21-11-17(25)19(27)22-15-5-3-14(20)4-6-15/h3-6,17,21H,7-11H2,1-2H3,(H,22,27)(H,23,24)/t17-/m1/s1. The van der Waals surface area contributed by atoms with Crippen LogP contribution < -0.4 is 10.6 Å². The van der Waals surface area contributed by atoms with E-state index in [9.17, 15) is 14.0 Å². The van der Waals surface area contributed by atoms with E-state index in [1.54, 1.807) is 4.90 Å². The number of rotatable bonds is 5. The van der Waals surface area contributed by atoms with Gasteiger partial charge in [-0.3, -0.25) is 14.7 Å². The van der Waals surface area contributed by atoms with E-state index in [0.29, 0.717) is 38.2 Å². The van der Waals surface area contributed by atoms with Crippen molar-refractivity contribution in [2.75, 3.05) is 25.0 Å². The van der Waals surface area contributed by atoms with Crippen molar-refractivity contribution in [3.8, 4) is 0 Å². The van der Waals surface area contributed by atoms with E-state index in [1.807, 2.05) is 13.8 Å². The molecule has 8 heteroatoms. The van der Waals surface area contributed by atoms with E-state index in [0.717, 1.165) is 17.0 Å². The van der Waals surface area contributed by atoms with Crippen LogP contribution in [0.5, 0.6) is 0 Å². The largest absolute Gasteiger partial charge is 0.328 e. The molecule has 144 valence electrons. The van der Waals surface area contributed by atoms with Gasteiger partial charge in [-0.15, -0.1) is 0 Å². The van der Waals surface area contributed by atoms with Gasteiger partial charge in [0.05, 0.1) is 5.69 Å². The first-order valence-corrected chi connectivity index (χ1v) is 9.02. The van der Waals surface area contributed by atoms with E-state index in [4.69, 9.17) is 0 Å². The van der Waals surface area contributed by atoms with Crippen LogP contribution in [0.15, 0.2) is 24.3 Å². The van der Waals surface area contributed by atoms with Crippen molar-refractivity contribution in [1.29, 1.82) is 0 Å². The maximum absolute atomic E-state index is 13.0. The molecule has 0 spiro atoms. The Morgan fingerprint density at radius 2 is 2.04 bits per heavy atom. The second kappa shape index (κ2) is 8.30. The summed E-state index contributed by atoms with van der Waals surface area (Å²) < 4.78 is 13.0. The first kappa shape index (κ1) is 19.0. The van der Waals surface area contributed by atoms with Crippen LogP contribution in [-0.4, -0.2) is 52.6 Å². The highest BCUT2D eigenvalue weighted by Gasteiger charge is 2.32. The lowest BCUT2D eigenvalue weighted by Gasteiger charge is -2.35. The van der Waals surface area contributed by atoms with E-state index in [1.165, 1.54) is 24.3 Å². The Kier molecular flexibility index (Phi) is 5.85. The second-order valence-electron chi connectivity index (χ2n) is 6.72. The topological polar surface area (TPSA) is 90.1 Å². The molecule has 7 nitrogen and oxygen atoms in total. The predicted molar refractivity (Wildman–Crippen MR) is 99.8 cm³/mol. The normalized spacial score (nSPS) is 17.0. The maximum atomic E-state index is 13.0. The Labute approximate surface area is 157 Å². The highest BCUT2D eigenvalue weighted by molar-refractivity contribution is 5.97. The number of piperazine rings is 1. The number of nitrogens with zero attached hydrogens (tertiary/aromatic N) is 2. The highest BCUT2D eigenvalue weighted by Crippen LogP contribution is 2.16. The third-order valence-electron chi connectivity index (χ3n) is 4.85. The molecular weight excluding hydrogens is 349 g/mol. The van der Waals surface area contributed by atoms with Gasteiger partial charge in [0.2, 0.25) is 11.8 Å². The highest BCUT2D eigenvalue weighted by atomic mass is 19.1. The lowest BCUT2D eigenvalue weighted by atomic mass is 10.1. The number of carbonyl (C=O) groups excluding carboxylic acids is 2. The summed E-state index contributed by atoms with van der Waals surface area (Å²) in [6.45, 7) is 5.36. The lowest BCUT2D eigenvalue weighted by Crippen LogP contribution is -2.58. The molecule has 2 aromatic rings. The van der Waals surface area contributed by atoms with Gasteiger partial charge in [-0.25, -0.2) is 4.39 Å². The molecule has 2 heterocycles. The summed E-state index contributed by atoms with van der Waals surface area (Å²) in [4.78, 5) is 27.0. The Morgan fingerprint density at radius 1 is 1.30 bits per heavy atom. The SMILES string of the molecule is Cc1n[nH]c(C)c1CCC(=O)N1CCNC[C@@H]1C(=O)Nc1ccc(F)cc1. The minimum atomic E-state index is -0.595. The summed E-state index contributed by atoms with van der Waals surface area (Å²) in [5, 5.41) is 13.0. The molecule has 0 saturated carbocycles. The number of benzene rings is 1. The molecule has 1 aliphatic rings. The molecule has 0 aliphatic carbocycles. The van der Waals surface area contributed by atoms with Gasteiger partial charge in [0, 0.05) is 37.4 Å². The molecule has 1 aliphatic heterocycles. The number of hydrogen-bond donors (Lipinski definition) is 3. The average Bonchev–Trinajstić information content (AvgIpc) is 2.99. The van der Waals surface area contributed by atoms with Crippen LogP contribution in [0.1, 0.15) is 23.4 Å². The summed E-state index contributed by atoms with van der Waals surface area (Å²) in [5.74, 6) is -0.706. The Bertz CT molecular complexity index is 799.